The molecule has 140 valence electrons. The third-order valence-electron chi connectivity index (χ3n) is 5.94. The predicted molar refractivity (Wildman–Crippen MR) is 114 cm³/mol. The largest absolute Gasteiger partial charge is 0.372 e. The second-order valence-corrected chi connectivity index (χ2v) is 9.06. The van der Waals surface area contributed by atoms with E-state index >= 15 is 0 Å². The average molecular weight is 379 g/mol. The van der Waals surface area contributed by atoms with Crippen LogP contribution in [-0.4, -0.2) is 23.1 Å². The van der Waals surface area contributed by atoms with Gasteiger partial charge in [0.05, 0.1) is 5.39 Å². The molecular weight excluding hydrogens is 352 g/mol. The highest BCUT2D eigenvalue weighted by molar-refractivity contribution is 7.19. The van der Waals surface area contributed by atoms with Gasteiger partial charge in [0.25, 0.3) is 0 Å². The van der Waals surface area contributed by atoms with Gasteiger partial charge in [-0.05, 0) is 74.3 Å². The summed E-state index contributed by atoms with van der Waals surface area (Å²) < 4.78 is 0. The quantitative estimate of drug-likeness (QED) is 0.649. The second-order valence-electron chi connectivity index (χ2n) is 7.97. The summed E-state index contributed by atoms with van der Waals surface area (Å²) in [5.74, 6) is 1.73. The van der Waals surface area contributed by atoms with Gasteiger partial charge in [-0.3, -0.25) is 0 Å². The maximum absolute atomic E-state index is 4.59. The van der Waals surface area contributed by atoms with Gasteiger partial charge in [0.15, 0.2) is 0 Å². The topological polar surface area (TPSA) is 41.1 Å². The van der Waals surface area contributed by atoms with Crippen molar-refractivity contribution in [3.63, 3.8) is 0 Å². The van der Waals surface area contributed by atoms with E-state index in [0.29, 0.717) is 0 Å². The first-order valence-electron chi connectivity index (χ1n) is 10.2. The smallest absolute Gasteiger partial charge is 0.142 e. The SMILES string of the molecule is CC1CCc2c(sc3ncnc(Nc4ccc(N5CCCCC5)cc4)c23)C1. The lowest BCUT2D eigenvalue weighted by Crippen LogP contribution is -2.29. The zero-order chi connectivity index (χ0) is 18.2. The number of nitrogens with zero attached hydrogens (tertiary/aromatic N) is 3. The Morgan fingerprint density at radius 2 is 1.89 bits per heavy atom. The number of hydrogen-bond acceptors (Lipinski definition) is 5. The molecule has 3 heterocycles. The van der Waals surface area contributed by atoms with E-state index in [2.05, 4.69) is 51.4 Å². The number of aryl methyl sites for hydroxylation is 1. The molecule has 1 saturated heterocycles. The van der Waals surface area contributed by atoms with Crippen LogP contribution in [-0.2, 0) is 12.8 Å². The van der Waals surface area contributed by atoms with Gasteiger partial charge >= 0.3 is 0 Å². The summed E-state index contributed by atoms with van der Waals surface area (Å²) in [6.45, 7) is 4.71. The van der Waals surface area contributed by atoms with Crippen LogP contribution >= 0.6 is 11.3 Å². The number of benzene rings is 1. The van der Waals surface area contributed by atoms with Crippen LogP contribution in [0.5, 0.6) is 0 Å². The van der Waals surface area contributed by atoms with E-state index in [1.165, 1.54) is 66.7 Å². The van der Waals surface area contributed by atoms with E-state index in [9.17, 15) is 0 Å². The summed E-state index contributed by atoms with van der Waals surface area (Å²) in [5.41, 5.74) is 3.90. The van der Waals surface area contributed by atoms with E-state index in [0.717, 1.165) is 28.7 Å². The minimum Gasteiger partial charge on any atom is -0.372 e. The first kappa shape index (κ1) is 17.0. The van der Waals surface area contributed by atoms with Gasteiger partial charge in [-0.1, -0.05) is 6.92 Å². The van der Waals surface area contributed by atoms with Crippen LogP contribution < -0.4 is 10.2 Å². The summed E-state index contributed by atoms with van der Waals surface area (Å²) in [7, 11) is 0. The van der Waals surface area contributed by atoms with E-state index < -0.39 is 0 Å². The maximum atomic E-state index is 4.59. The molecule has 1 aromatic carbocycles. The maximum Gasteiger partial charge on any atom is 0.142 e. The third-order valence-corrected chi connectivity index (χ3v) is 7.11. The van der Waals surface area contributed by atoms with Crippen molar-refractivity contribution in [2.24, 2.45) is 5.92 Å². The van der Waals surface area contributed by atoms with Crippen LogP contribution in [0.4, 0.5) is 17.2 Å². The number of aromatic nitrogens is 2. The lowest BCUT2D eigenvalue weighted by Gasteiger charge is -2.28. The summed E-state index contributed by atoms with van der Waals surface area (Å²) >= 11 is 1.85. The van der Waals surface area contributed by atoms with Crippen molar-refractivity contribution < 1.29 is 0 Å². The molecule has 1 atom stereocenters. The van der Waals surface area contributed by atoms with Crippen LogP contribution in [0.2, 0.25) is 0 Å². The molecule has 0 spiro atoms. The standard InChI is InChI=1S/C22H26N4S/c1-15-5-10-18-19(13-15)27-22-20(18)21(23-14-24-22)25-16-6-8-17(9-7-16)26-11-3-2-4-12-26/h6-9,14-15H,2-5,10-13H2,1H3,(H,23,24,25). The van der Waals surface area contributed by atoms with Gasteiger partial charge in [-0.15, -0.1) is 11.3 Å². The van der Waals surface area contributed by atoms with Crippen LogP contribution in [0.15, 0.2) is 30.6 Å². The fourth-order valence-electron chi connectivity index (χ4n) is 4.41. The Labute approximate surface area is 164 Å². The van der Waals surface area contributed by atoms with Crippen LogP contribution in [0, 0.1) is 5.92 Å². The van der Waals surface area contributed by atoms with Crippen molar-refractivity contribution in [2.45, 2.75) is 45.4 Å². The van der Waals surface area contributed by atoms with Crippen molar-refractivity contribution in [3.05, 3.63) is 41.0 Å². The van der Waals surface area contributed by atoms with Gasteiger partial charge in [-0.25, -0.2) is 9.97 Å². The second kappa shape index (κ2) is 7.12. The number of anilines is 3. The highest BCUT2D eigenvalue weighted by Crippen LogP contribution is 2.40. The fourth-order valence-corrected chi connectivity index (χ4v) is 5.76. The fraction of sp³-hybridized carbons (Fsp3) is 0.455. The summed E-state index contributed by atoms with van der Waals surface area (Å²) in [5, 5.41) is 4.80. The Bertz CT molecular complexity index is 941. The molecule has 0 radical (unpaired) electrons. The normalized spacial score (nSPS) is 19.9. The lowest BCUT2D eigenvalue weighted by atomic mass is 9.89. The highest BCUT2D eigenvalue weighted by Gasteiger charge is 2.23. The zero-order valence-corrected chi connectivity index (χ0v) is 16.7. The first-order valence-corrected chi connectivity index (χ1v) is 11.0. The molecule has 5 rings (SSSR count). The van der Waals surface area contributed by atoms with Crippen molar-refractivity contribution in [3.8, 4) is 0 Å². The van der Waals surface area contributed by atoms with E-state index in [1.54, 1.807) is 6.33 Å². The Morgan fingerprint density at radius 3 is 2.70 bits per heavy atom. The molecule has 27 heavy (non-hydrogen) atoms. The minimum absolute atomic E-state index is 0.775. The summed E-state index contributed by atoms with van der Waals surface area (Å²) in [6.07, 6.45) is 9.26. The highest BCUT2D eigenvalue weighted by atomic mass is 32.1. The molecule has 5 heteroatoms. The molecule has 0 saturated carbocycles. The zero-order valence-electron chi connectivity index (χ0n) is 15.9. The van der Waals surface area contributed by atoms with E-state index in [1.807, 2.05) is 11.3 Å². The van der Waals surface area contributed by atoms with E-state index in [4.69, 9.17) is 0 Å². The number of thiophene rings is 1. The van der Waals surface area contributed by atoms with Gasteiger partial charge < -0.3 is 10.2 Å². The molecule has 1 fully saturated rings. The molecule has 4 nitrogen and oxygen atoms in total. The molecule has 2 aliphatic rings. The monoisotopic (exact) mass is 378 g/mol. The molecule has 1 aliphatic carbocycles. The molecule has 3 aromatic rings. The molecular formula is C22H26N4S. The molecule has 0 amide bonds. The first-order chi connectivity index (χ1) is 13.3. The predicted octanol–water partition coefficient (Wildman–Crippen LogP) is 5.55. The van der Waals surface area contributed by atoms with Crippen molar-refractivity contribution in [1.82, 2.24) is 9.97 Å². The number of rotatable bonds is 3. The minimum atomic E-state index is 0.775. The Morgan fingerprint density at radius 1 is 1.07 bits per heavy atom. The number of fused-ring (bicyclic) bond motifs is 3. The molecule has 2 aromatic heterocycles. The molecule has 1 N–H and O–H groups in total. The summed E-state index contributed by atoms with van der Waals surface area (Å²) in [4.78, 5) is 14.3. The number of piperidine rings is 1. The number of nitrogens with one attached hydrogen (secondary N) is 1. The van der Waals surface area contributed by atoms with E-state index in [-0.39, 0.29) is 0 Å². The Kier molecular flexibility index (Phi) is 4.48. The van der Waals surface area contributed by atoms with Gasteiger partial charge in [0.1, 0.15) is 17.0 Å². The lowest BCUT2D eigenvalue weighted by molar-refractivity contribution is 0.509. The van der Waals surface area contributed by atoms with Gasteiger partial charge in [0, 0.05) is 29.3 Å². The molecule has 1 aliphatic heterocycles. The summed E-state index contributed by atoms with van der Waals surface area (Å²) in [6, 6.07) is 8.82. The van der Waals surface area contributed by atoms with Crippen LogP contribution in [0.25, 0.3) is 10.2 Å². The molecule has 0 bridgehead atoms. The molecule has 1 unspecified atom stereocenters. The van der Waals surface area contributed by atoms with Crippen LogP contribution in [0.1, 0.15) is 43.0 Å². The average Bonchev–Trinajstić information content (AvgIpc) is 3.07. The van der Waals surface area contributed by atoms with Crippen molar-refractivity contribution in [1.29, 1.82) is 0 Å². The Hall–Kier alpha value is -2.14. The van der Waals surface area contributed by atoms with Crippen molar-refractivity contribution in [2.75, 3.05) is 23.3 Å². The van der Waals surface area contributed by atoms with Gasteiger partial charge in [0.2, 0.25) is 0 Å². The van der Waals surface area contributed by atoms with Crippen molar-refractivity contribution >= 4 is 38.7 Å². The Balaban J connectivity index is 1.43. The third kappa shape index (κ3) is 3.29. The van der Waals surface area contributed by atoms with Gasteiger partial charge in [-0.2, -0.15) is 0 Å². The van der Waals surface area contributed by atoms with Crippen LogP contribution in [0.3, 0.4) is 0 Å². The number of hydrogen-bond donors (Lipinski definition) is 1.